The Labute approximate surface area is 124 Å². The monoisotopic (exact) mass is 288 g/mol. The molecule has 0 aliphatic carbocycles. The first-order chi connectivity index (χ1) is 10.1. The van der Waals surface area contributed by atoms with E-state index in [1.807, 2.05) is 4.90 Å². The van der Waals surface area contributed by atoms with Crippen LogP contribution in [0.5, 0.6) is 0 Å². The number of hydrogen-bond donors (Lipinski definition) is 1. The van der Waals surface area contributed by atoms with Crippen LogP contribution in [0.25, 0.3) is 6.08 Å². The number of rotatable bonds is 3. The van der Waals surface area contributed by atoms with Crippen molar-refractivity contribution in [2.24, 2.45) is 0 Å². The molecular formula is C16H20N2O3. The standard InChI is InChI=1S/C16H20N2O3/c1-12-5-3-2-4-10-18(12)16(21)14-8-6-13(11-17-14)7-9-15(19)20/h6-9,11-12H,2-5,10H2,1H3,(H,19,20). The average molecular weight is 288 g/mol. The number of aliphatic carboxylic acids is 1. The summed E-state index contributed by atoms with van der Waals surface area (Å²) >= 11 is 0. The molecule has 1 N–H and O–H groups in total. The van der Waals surface area contributed by atoms with Gasteiger partial charge in [-0.1, -0.05) is 18.9 Å². The van der Waals surface area contributed by atoms with Crippen molar-refractivity contribution in [2.75, 3.05) is 6.54 Å². The van der Waals surface area contributed by atoms with Crippen LogP contribution in [0.2, 0.25) is 0 Å². The van der Waals surface area contributed by atoms with E-state index in [2.05, 4.69) is 11.9 Å². The van der Waals surface area contributed by atoms with Gasteiger partial charge in [0, 0.05) is 24.9 Å². The van der Waals surface area contributed by atoms with Gasteiger partial charge in [-0.05, 0) is 37.5 Å². The molecule has 1 aromatic rings. The Kier molecular flexibility index (Phi) is 5.09. The first-order valence-electron chi connectivity index (χ1n) is 7.26. The topological polar surface area (TPSA) is 70.5 Å². The van der Waals surface area contributed by atoms with Crippen molar-refractivity contribution in [1.82, 2.24) is 9.88 Å². The maximum Gasteiger partial charge on any atom is 0.328 e. The highest BCUT2D eigenvalue weighted by molar-refractivity contribution is 5.92. The Morgan fingerprint density at radius 2 is 2.14 bits per heavy atom. The van der Waals surface area contributed by atoms with Gasteiger partial charge in [-0.3, -0.25) is 9.78 Å². The summed E-state index contributed by atoms with van der Waals surface area (Å²) in [6.45, 7) is 2.86. The zero-order valence-electron chi connectivity index (χ0n) is 12.2. The fourth-order valence-electron chi connectivity index (χ4n) is 2.52. The summed E-state index contributed by atoms with van der Waals surface area (Å²) < 4.78 is 0. The summed E-state index contributed by atoms with van der Waals surface area (Å²) in [6.07, 6.45) is 8.43. The number of likely N-dealkylation sites (tertiary alicyclic amines) is 1. The second kappa shape index (κ2) is 7.02. The van der Waals surface area contributed by atoms with Gasteiger partial charge in [0.15, 0.2) is 0 Å². The minimum absolute atomic E-state index is 0.0434. The third kappa shape index (κ3) is 4.15. The molecule has 1 saturated heterocycles. The van der Waals surface area contributed by atoms with E-state index in [0.29, 0.717) is 11.3 Å². The van der Waals surface area contributed by atoms with E-state index in [1.54, 1.807) is 12.1 Å². The molecule has 0 radical (unpaired) electrons. The van der Waals surface area contributed by atoms with Crippen molar-refractivity contribution < 1.29 is 14.7 Å². The molecule has 5 heteroatoms. The average Bonchev–Trinajstić information content (AvgIpc) is 2.69. The first-order valence-corrected chi connectivity index (χ1v) is 7.26. The van der Waals surface area contributed by atoms with Gasteiger partial charge in [-0.15, -0.1) is 0 Å². The number of aromatic nitrogens is 1. The molecule has 1 atom stereocenters. The van der Waals surface area contributed by atoms with E-state index >= 15 is 0 Å². The maximum atomic E-state index is 12.5. The van der Waals surface area contributed by atoms with Crippen LogP contribution in [0.4, 0.5) is 0 Å². The van der Waals surface area contributed by atoms with Crippen LogP contribution in [0.15, 0.2) is 24.4 Å². The third-order valence-electron chi connectivity index (χ3n) is 3.74. The SMILES string of the molecule is CC1CCCCCN1C(=O)c1ccc(C=CC(=O)O)cn1. The molecule has 1 unspecified atom stereocenters. The Balaban J connectivity index is 2.10. The number of carboxylic acid groups (broad SMARTS) is 1. The predicted octanol–water partition coefficient (Wildman–Crippen LogP) is 2.58. The van der Waals surface area contributed by atoms with Crippen LogP contribution >= 0.6 is 0 Å². The summed E-state index contributed by atoms with van der Waals surface area (Å²) in [5.41, 5.74) is 1.08. The lowest BCUT2D eigenvalue weighted by atomic mass is 10.1. The fourth-order valence-corrected chi connectivity index (χ4v) is 2.52. The number of carbonyl (C=O) groups is 2. The molecule has 0 aromatic carbocycles. The highest BCUT2D eigenvalue weighted by Crippen LogP contribution is 2.18. The van der Waals surface area contributed by atoms with Gasteiger partial charge < -0.3 is 10.0 Å². The Bertz CT molecular complexity index is 537. The first kappa shape index (κ1) is 15.2. The van der Waals surface area contributed by atoms with Crippen molar-refractivity contribution >= 4 is 18.0 Å². The number of carbonyl (C=O) groups excluding carboxylic acids is 1. The molecule has 2 rings (SSSR count). The van der Waals surface area contributed by atoms with Gasteiger partial charge in [0.25, 0.3) is 5.91 Å². The number of hydrogen-bond acceptors (Lipinski definition) is 3. The van der Waals surface area contributed by atoms with Crippen LogP contribution in [0.1, 0.15) is 48.7 Å². The molecule has 1 aliphatic rings. The molecule has 21 heavy (non-hydrogen) atoms. The van der Waals surface area contributed by atoms with Crippen LogP contribution < -0.4 is 0 Å². The van der Waals surface area contributed by atoms with Gasteiger partial charge in [-0.25, -0.2) is 4.79 Å². The van der Waals surface area contributed by atoms with E-state index in [4.69, 9.17) is 5.11 Å². The van der Waals surface area contributed by atoms with Crippen molar-refractivity contribution in [1.29, 1.82) is 0 Å². The summed E-state index contributed by atoms with van der Waals surface area (Å²) in [5, 5.41) is 8.58. The lowest BCUT2D eigenvalue weighted by Crippen LogP contribution is -2.38. The molecule has 1 fully saturated rings. The predicted molar refractivity (Wildman–Crippen MR) is 79.9 cm³/mol. The van der Waals surface area contributed by atoms with Gasteiger partial charge in [-0.2, -0.15) is 0 Å². The summed E-state index contributed by atoms with van der Waals surface area (Å²) in [5.74, 6) is -1.05. The minimum Gasteiger partial charge on any atom is -0.478 e. The molecule has 1 aromatic heterocycles. The zero-order valence-corrected chi connectivity index (χ0v) is 12.2. The second-order valence-electron chi connectivity index (χ2n) is 5.35. The van der Waals surface area contributed by atoms with Crippen LogP contribution in [-0.2, 0) is 4.79 Å². The number of pyridine rings is 1. The van der Waals surface area contributed by atoms with E-state index in [9.17, 15) is 9.59 Å². The highest BCUT2D eigenvalue weighted by atomic mass is 16.4. The molecule has 1 aliphatic heterocycles. The van der Waals surface area contributed by atoms with Gasteiger partial charge in [0.1, 0.15) is 5.69 Å². The maximum absolute atomic E-state index is 12.5. The van der Waals surface area contributed by atoms with Crippen molar-refractivity contribution in [2.45, 2.75) is 38.6 Å². The van der Waals surface area contributed by atoms with Crippen molar-refractivity contribution in [3.63, 3.8) is 0 Å². The normalized spacial score (nSPS) is 19.5. The minimum atomic E-state index is -1.01. The molecule has 5 nitrogen and oxygen atoms in total. The smallest absolute Gasteiger partial charge is 0.328 e. The molecule has 112 valence electrons. The number of carboxylic acids is 1. The summed E-state index contributed by atoms with van der Waals surface area (Å²) in [4.78, 5) is 29.0. The van der Waals surface area contributed by atoms with Crippen molar-refractivity contribution in [3.8, 4) is 0 Å². The third-order valence-corrected chi connectivity index (χ3v) is 3.74. The quantitative estimate of drug-likeness (QED) is 0.868. The Hall–Kier alpha value is -2.17. The molecule has 0 bridgehead atoms. The lowest BCUT2D eigenvalue weighted by Gasteiger charge is -2.26. The zero-order chi connectivity index (χ0) is 15.2. The largest absolute Gasteiger partial charge is 0.478 e. The van der Waals surface area contributed by atoms with Crippen LogP contribution in [0, 0.1) is 0 Å². The lowest BCUT2D eigenvalue weighted by molar-refractivity contribution is -0.131. The van der Waals surface area contributed by atoms with Crippen LogP contribution in [0.3, 0.4) is 0 Å². The fraction of sp³-hybridized carbons (Fsp3) is 0.438. The van der Waals surface area contributed by atoms with E-state index in [0.717, 1.165) is 31.9 Å². The molecule has 2 heterocycles. The summed E-state index contributed by atoms with van der Waals surface area (Å²) in [6, 6.07) is 3.61. The van der Waals surface area contributed by atoms with E-state index in [-0.39, 0.29) is 11.9 Å². The second-order valence-corrected chi connectivity index (χ2v) is 5.35. The van der Waals surface area contributed by atoms with E-state index < -0.39 is 5.97 Å². The van der Waals surface area contributed by atoms with Crippen LogP contribution in [-0.4, -0.2) is 39.5 Å². The van der Waals surface area contributed by atoms with Crippen molar-refractivity contribution in [3.05, 3.63) is 35.7 Å². The summed E-state index contributed by atoms with van der Waals surface area (Å²) in [7, 11) is 0. The number of amides is 1. The van der Waals surface area contributed by atoms with Gasteiger partial charge in [0.05, 0.1) is 0 Å². The number of nitrogens with zero attached hydrogens (tertiary/aromatic N) is 2. The Morgan fingerprint density at radius 1 is 1.33 bits per heavy atom. The van der Waals surface area contributed by atoms with E-state index in [1.165, 1.54) is 18.7 Å². The van der Waals surface area contributed by atoms with Gasteiger partial charge >= 0.3 is 5.97 Å². The molecular weight excluding hydrogens is 268 g/mol. The van der Waals surface area contributed by atoms with Gasteiger partial charge in [0.2, 0.25) is 0 Å². The molecule has 0 spiro atoms. The molecule has 1 amide bonds. The highest BCUT2D eigenvalue weighted by Gasteiger charge is 2.23. The Morgan fingerprint density at radius 3 is 2.81 bits per heavy atom. The molecule has 0 saturated carbocycles.